The fraction of sp³-hybridized carbons (Fsp3) is 0.905. The number of nitrogens with zero attached hydrogens (tertiary/aromatic N) is 1. The van der Waals surface area contributed by atoms with Gasteiger partial charge in [0.15, 0.2) is 0 Å². The minimum absolute atomic E-state index is 0.0173. The van der Waals surface area contributed by atoms with E-state index in [1.807, 2.05) is 27.7 Å². The van der Waals surface area contributed by atoms with Crippen molar-refractivity contribution in [3.05, 3.63) is 0 Å². The molecule has 0 N–H and O–H groups in total. The van der Waals surface area contributed by atoms with Crippen molar-refractivity contribution in [1.29, 1.82) is 0 Å². The van der Waals surface area contributed by atoms with E-state index >= 15 is 0 Å². The van der Waals surface area contributed by atoms with Gasteiger partial charge in [-0.2, -0.15) is 0 Å². The predicted octanol–water partition coefficient (Wildman–Crippen LogP) is 4.92. The standard InChI is InChI=1S/C21H37NO4/c1-8-9-11-20-12-10-13-21(20,18(23)25-17(20)14(2)3)26-19(24)22(15(4)5)16(6)7/h14-17H,8-13H2,1-7H3/t17-,20-,21-/m1/s1. The van der Waals surface area contributed by atoms with Crippen LogP contribution in [0.25, 0.3) is 0 Å². The van der Waals surface area contributed by atoms with Crippen molar-refractivity contribution in [2.45, 2.75) is 111 Å². The molecule has 0 aromatic carbocycles. The Labute approximate surface area is 158 Å². The minimum Gasteiger partial charge on any atom is -0.458 e. The number of amides is 1. The van der Waals surface area contributed by atoms with Gasteiger partial charge >= 0.3 is 12.1 Å². The maximum atomic E-state index is 13.1. The number of unbranched alkanes of at least 4 members (excludes halogenated alkanes) is 1. The molecule has 1 saturated carbocycles. The van der Waals surface area contributed by atoms with Crippen LogP contribution in [0.1, 0.15) is 87.0 Å². The van der Waals surface area contributed by atoms with Crippen LogP contribution in [0.3, 0.4) is 0 Å². The summed E-state index contributed by atoms with van der Waals surface area (Å²) in [4.78, 5) is 27.8. The number of cyclic esters (lactones) is 1. The van der Waals surface area contributed by atoms with Gasteiger partial charge in [0.2, 0.25) is 5.60 Å². The quantitative estimate of drug-likeness (QED) is 0.599. The average molecular weight is 368 g/mol. The fourth-order valence-corrected chi connectivity index (χ4v) is 5.25. The van der Waals surface area contributed by atoms with Gasteiger partial charge in [-0.3, -0.25) is 0 Å². The molecule has 0 radical (unpaired) electrons. The number of carbonyl (C=O) groups excluding carboxylic acids is 2. The Morgan fingerprint density at radius 1 is 1.19 bits per heavy atom. The number of hydrogen-bond donors (Lipinski definition) is 0. The van der Waals surface area contributed by atoms with Crippen LogP contribution in [0.15, 0.2) is 0 Å². The molecule has 5 nitrogen and oxygen atoms in total. The summed E-state index contributed by atoms with van der Waals surface area (Å²) in [5.74, 6) is -0.119. The fourth-order valence-electron chi connectivity index (χ4n) is 5.25. The Hall–Kier alpha value is -1.26. The molecule has 1 heterocycles. The minimum atomic E-state index is -1.11. The molecule has 1 saturated heterocycles. The first kappa shape index (κ1) is 21.0. The van der Waals surface area contributed by atoms with Crippen LogP contribution in [0, 0.1) is 11.3 Å². The van der Waals surface area contributed by atoms with E-state index in [0.29, 0.717) is 6.42 Å². The second kappa shape index (κ2) is 7.77. The zero-order valence-electron chi connectivity index (χ0n) is 17.6. The summed E-state index contributed by atoms with van der Waals surface area (Å²) in [6.45, 7) is 14.2. The van der Waals surface area contributed by atoms with E-state index in [9.17, 15) is 9.59 Å². The van der Waals surface area contributed by atoms with Crippen LogP contribution < -0.4 is 0 Å². The summed E-state index contributed by atoms with van der Waals surface area (Å²) >= 11 is 0. The van der Waals surface area contributed by atoms with E-state index in [4.69, 9.17) is 9.47 Å². The van der Waals surface area contributed by atoms with Crippen LogP contribution in [0.4, 0.5) is 4.79 Å². The highest BCUT2D eigenvalue weighted by atomic mass is 16.6. The lowest BCUT2D eigenvalue weighted by molar-refractivity contribution is -0.158. The van der Waals surface area contributed by atoms with E-state index < -0.39 is 5.60 Å². The van der Waals surface area contributed by atoms with Gasteiger partial charge in [-0.05, 0) is 59.3 Å². The molecule has 1 amide bonds. The number of ether oxygens (including phenoxy) is 2. The Balaban J connectivity index is 2.41. The monoisotopic (exact) mass is 367 g/mol. The molecule has 0 aromatic heterocycles. The second-order valence-electron chi connectivity index (χ2n) is 8.97. The highest BCUT2D eigenvalue weighted by molar-refractivity contribution is 5.87. The first-order valence-corrected chi connectivity index (χ1v) is 10.4. The van der Waals surface area contributed by atoms with Gasteiger partial charge in [-0.15, -0.1) is 0 Å². The van der Waals surface area contributed by atoms with Gasteiger partial charge in [-0.25, -0.2) is 9.59 Å². The molecule has 0 bridgehead atoms. The first-order valence-electron chi connectivity index (χ1n) is 10.4. The van der Waals surface area contributed by atoms with Crippen molar-refractivity contribution in [2.24, 2.45) is 11.3 Å². The normalized spacial score (nSPS) is 30.8. The highest BCUT2D eigenvalue weighted by Gasteiger charge is 2.72. The molecule has 2 rings (SSSR count). The van der Waals surface area contributed by atoms with Gasteiger partial charge in [0.25, 0.3) is 0 Å². The van der Waals surface area contributed by atoms with Crippen LogP contribution in [0.5, 0.6) is 0 Å². The summed E-state index contributed by atoms with van der Waals surface area (Å²) in [5, 5.41) is 0. The van der Waals surface area contributed by atoms with Crippen LogP contribution >= 0.6 is 0 Å². The van der Waals surface area contributed by atoms with Gasteiger partial charge in [0.1, 0.15) is 6.10 Å². The smallest absolute Gasteiger partial charge is 0.411 e. The van der Waals surface area contributed by atoms with E-state index in [1.165, 1.54) is 0 Å². The summed E-state index contributed by atoms with van der Waals surface area (Å²) in [6.07, 6.45) is 4.73. The van der Waals surface area contributed by atoms with Crippen molar-refractivity contribution in [2.75, 3.05) is 0 Å². The van der Waals surface area contributed by atoms with E-state index in [1.54, 1.807) is 4.90 Å². The zero-order chi connectivity index (χ0) is 19.7. The van der Waals surface area contributed by atoms with Gasteiger partial charge < -0.3 is 14.4 Å². The van der Waals surface area contributed by atoms with Crippen molar-refractivity contribution in [3.63, 3.8) is 0 Å². The molecule has 3 atom stereocenters. The lowest BCUT2D eigenvalue weighted by atomic mass is 9.66. The molecule has 26 heavy (non-hydrogen) atoms. The summed E-state index contributed by atoms with van der Waals surface area (Å²) in [5.41, 5.74) is -1.50. The van der Waals surface area contributed by atoms with Crippen molar-refractivity contribution >= 4 is 12.1 Å². The largest absolute Gasteiger partial charge is 0.458 e. The first-order chi connectivity index (χ1) is 12.1. The molecule has 1 aliphatic carbocycles. The third kappa shape index (κ3) is 3.22. The Morgan fingerprint density at radius 3 is 2.31 bits per heavy atom. The van der Waals surface area contributed by atoms with Crippen LogP contribution in [0.2, 0.25) is 0 Å². The second-order valence-corrected chi connectivity index (χ2v) is 8.97. The maximum absolute atomic E-state index is 13.1. The highest BCUT2D eigenvalue weighted by Crippen LogP contribution is 2.61. The summed E-state index contributed by atoms with van der Waals surface area (Å²) in [7, 11) is 0. The molecular weight excluding hydrogens is 330 g/mol. The van der Waals surface area contributed by atoms with Gasteiger partial charge in [0.05, 0.1) is 5.41 Å². The van der Waals surface area contributed by atoms with E-state index in [0.717, 1.165) is 32.1 Å². The third-order valence-electron chi connectivity index (χ3n) is 6.23. The molecule has 2 aliphatic rings. The molecule has 5 heteroatoms. The Kier molecular flexibility index (Phi) is 6.29. The molecule has 1 aliphatic heterocycles. The average Bonchev–Trinajstić information content (AvgIpc) is 2.98. The zero-order valence-corrected chi connectivity index (χ0v) is 17.6. The molecular formula is C21H37NO4. The molecule has 0 aromatic rings. The maximum Gasteiger partial charge on any atom is 0.411 e. The molecule has 150 valence electrons. The van der Waals surface area contributed by atoms with E-state index in [2.05, 4.69) is 20.8 Å². The lowest BCUT2D eigenvalue weighted by Crippen LogP contribution is -2.55. The topological polar surface area (TPSA) is 55.8 Å². The summed E-state index contributed by atoms with van der Waals surface area (Å²) < 4.78 is 12.0. The molecule has 0 spiro atoms. The van der Waals surface area contributed by atoms with Crippen molar-refractivity contribution in [3.8, 4) is 0 Å². The number of carbonyl (C=O) groups is 2. The summed E-state index contributed by atoms with van der Waals surface area (Å²) in [6, 6.07) is 0.0346. The Morgan fingerprint density at radius 2 is 1.81 bits per heavy atom. The van der Waals surface area contributed by atoms with Crippen LogP contribution in [-0.2, 0) is 14.3 Å². The van der Waals surface area contributed by atoms with Crippen molar-refractivity contribution in [1.82, 2.24) is 4.90 Å². The van der Waals surface area contributed by atoms with Crippen molar-refractivity contribution < 1.29 is 19.1 Å². The number of hydrogen-bond acceptors (Lipinski definition) is 4. The lowest BCUT2D eigenvalue weighted by Gasteiger charge is -2.41. The van der Waals surface area contributed by atoms with Gasteiger partial charge in [-0.1, -0.05) is 33.6 Å². The Bertz CT molecular complexity index is 522. The number of fused-ring (bicyclic) bond motifs is 1. The molecule has 2 fully saturated rings. The number of esters is 1. The third-order valence-corrected chi connectivity index (χ3v) is 6.23. The van der Waals surface area contributed by atoms with E-state index in [-0.39, 0.29) is 41.6 Å². The predicted molar refractivity (Wildman–Crippen MR) is 102 cm³/mol. The number of rotatable bonds is 7. The SMILES string of the molecule is CCCC[C@]12CCC[C@@]1(OC(=O)N(C(C)C)C(C)C)C(=O)O[C@@H]2C(C)C. The van der Waals surface area contributed by atoms with Crippen LogP contribution in [-0.4, -0.2) is 40.8 Å². The molecule has 0 unspecified atom stereocenters. The van der Waals surface area contributed by atoms with Gasteiger partial charge in [0, 0.05) is 12.1 Å².